The lowest BCUT2D eigenvalue weighted by molar-refractivity contribution is -0.137. The van der Waals surface area contributed by atoms with Crippen LogP contribution in [0, 0.1) is 0 Å². The minimum absolute atomic E-state index is 0.117. The molecule has 0 saturated carbocycles. The van der Waals surface area contributed by atoms with Gasteiger partial charge in [0.15, 0.2) is 0 Å². The number of carboxylic acid groups (broad SMARTS) is 1. The molecule has 0 aliphatic heterocycles. The number of carboxylic acids is 1. The summed E-state index contributed by atoms with van der Waals surface area (Å²) in [6.07, 6.45) is 10.4. The second-order valence-electron chi connectivity index (χ2n) is 9.58. The fourth-order valence-corrected chi connectivity index (χ4v) is 5.14. The standard InChI is InChI=1S/C28H28N6O3/c1-33-27-13-20(15-29-24(27)17-30-33)26(14-28(35)36)34-25-9-8-22(12-19(25)16-31-34)37-11-10-21-7-6-18-4-2-3-5-23(18)32-21/h6-9,12-13,15-17,26H,2-5,10-11,14H2,1H3,(H,35,36). The van der Waals surface area contributed by atoms with E-state index in [1.54, 1.807) is 28.0 Å². The lowest BCUT2D eigenvalue weighted by Gasteiger charge is -2.17. The van der Waals surface area contributed by atoms with E-state index in [-0.39, 0.29) is 6.42 Å². The largest absolute Gasteiger partial charge is 0.493 e. The van der Waals surface area contributed by atoms with Gasteiger partial charge in [-0.2, -0.15) is 10.2 Å². The van der Waals surface area contributed by atoms with Crippen molar-refractivity contribution in [1.82, 2.24) is 29.5 Å². The number of fused-ring (bicyclic) bond motifs is 3. The Labute approximate surface area is 213 Å². The second kappa shape index (κ2) is 9.65. The van der Waals surface area contributed by atoms with Crippen LogP contribution in [0.5, 0.6) is 5.75 Å². The molecule has 1 unspecified atom stereocenters. The quantitative estimate of drug-likeness (QED) is 0.342. The van der Waals surface area contributed by atoms with Gasteiger partial charge in [0.1, 0.15) is 11.3 Å². The molecule has 4 heterocycles. The molecule has 4 aromatic heterocycles. The molecule has 9 nitrogen and oxygen atoms in total. The summed E-state index contributed by atoms with van der Waals surface area (Å²) in [4.78, 5) is 21.1. The van der Waals surface area contributed by atoms with Crippen LogP contribution in [0.25, 0.3) is 21.9 Å². The zero-order valence-corrected chi connectivity index (χ0v) is 20.7. The van der Waals surface area contributed by atoms with Gasteiger partial charge in [0.2, 0.25) is 0 Å². The molecule has 0 spiro atoms. The molecule has 5 aromatic rings. The van der Waals surface area contributed by atoms with E-state index in [2.05, 4.69) is 27.3 Å². The van der Waals surface area contributed by atoms with E-state index in [4.69, 9.17) is 9.72 Å². The maximum Gasteiger partial charge on any atom is 0.305 e. The summed E-state index contributed by atoms with van der Waals surface area (Å²) in [6, 6.07) is 11.5. The molecule has 1 aliphatic carbocycles. The highest BCUT2D eigenvalue weighted by Crippen LogP contribution is 2.29. The zero-order chi connectivity index (χ0) is 25.4. The van der Waals surface area contributed by atoms with Crippen LogP contribution in [-0.2, 0) is 31.1 Å². The Morgan fingerprint density at radius 2 is 1.95 bits per heavy atom. The Bertz CT molecular complexity index is 1600. The Kier molecular flexibility index (Phi) is 6.04. The second-order valence-corrected chi connectivity index (χ2v) is 9.58. The first-order valence-corrected chi connectivity index (χ1v) is 12.6. The van der Waals surface area contributed by atoms with Gasteiger partial charge in [-0.15, -0.1) is 0 Å². The number of pyridine rings is 2. The number of aliphatic carboxylic acids is 1. The maximum atomic E-state index is 11.8. The Balaban J connectivity index is 1.21. The normalized spacial score (nSPS) is 14.1. The highest BCUT2D eigenvalue weighted by molar-refractivity contribution is 5.81. The van der Waals surface area contributed by atoms with Crippen molar-refractivity contribution in [2.45, 2.75) is 44.6 Å². The van der Waals surface area contributed by atoms with Crippen LogP contribution in [-0.4, -0.2) is 47.2 Å². The van der Waals surface area contributed by atoms with Crippen LogP contribution in [0.15, 0.2) is 55.0 Å². The van der Waals surface area contributed by atoms with E-state index in [0.29, 0.717) is 6.61 Å². The minimum atomic E-state index is -0.908. The van der Waals surface area contributed by atoms with Crippen molar-refractivity contribution >= 4 is 27.9 Å². The predicted octanol–water partition coefficient (Wildman–Crippen LogP) is 4.28. The molecular formula is C28H28N6O3. The number of carbonyl (C=O) groups is 1. The Morgan fingerprint density at radius 1 is 1.05 bits per heavy atom. The molecule has 0 saturated heterocycles. The third-order valence-electron chi connectivity index (χ3n) is 7.10. The lowest BCUT2D eigenvalue weighted by Crippen LogP contribution is -2.16. The fraction of sp³-hybridized carbons (Fsp3) is 0.321. The topological polar surface area (TPSA) is 108 Å². The Morgan fingerprint density at radius 3 is 2.84 bits per heavy atom. The number of hydrogen-bond donors (Lipinski definition) is 1. The maximum absolute atomic E-state index is 11.8. The van der Waals surface area contributed by atoms with Crippen LogP contribution in [0.1, 0.15) is 47.8 Å². The SMILES string of the molecule is Cn1ncc2ncc(C(CC(=O)O)n3ncc4cc(OCCc5ccc6c(n5)CCCC6)ccc43)cc21. The first-order valence-electron chi connectivity index (χ1n) is 12.6. The van der Waals surface area contributed by atoms with Crippen LogP contribution >= 0.6 is 0 Å². The molecule has 0 bridgehead atoms. The number of aryl methyl sites for hydroxylation is 3. The molecule has 0 radical (unpaired) electrons. The van der Waals surface area contributed by atoms with Crippen molar-refractivity contribution in [3.05, 3.63) is 77.5 Å². The first kappa shape index (κ1) is 23.1. The highest BCUT2D eigenvalue weighted by atomic mass is 16.5. The van der Waals surface area contributed by atoms with E-state index in [9.17, 15) is 9.90 Å². The molecule has 1 aliphatic rings. The number of rotatable bonds is 8. The molecule has 6 rings (SSSR count). The van der Waals surface area contributed by atoms with E-state index < -0.39 is 12.0 Å². The molecule has 0 fully saturated rings. The van der Waals surface area contributed by atoms with Crippen molar-refractivity contribution in [3.8, 4) is 5.75 Å². The van der Waals surface area contributed by atoms with Gasteiger partial charge in [-0.1, -0.05) is 6.07 Å². The third-order valence-corrected chi connectivity index (χ3v) is 7.10. The fourth-order valence-electron chi connectivity index (χ4n) is 5.14. The first-order chi connectivity index (χ1) is 18.0. The van der Waals surface area contributed by atoms with Crippen molar-refractivity contribution in [3.63, 3.8) is 0 Å². The average molecular weight is 497 g/mol. The molecule has 1 atom stereocenters. The summed E-state index contributed by atoms with van der Waals surface area (Å²) in [6.45, 7) is 0.531. The summed E-state index contributed by atoms with van der Waals surface area (Å²) in [5.41, 5.74) is 6.89. The summed E-state index contributed by atoms with van der Waals surface area (Å²) in [7, 11) is 1.84. The number of hydrogen-bond acceptors (Lipinski definition) is 6. The highest BCUT2D eigenvalue weighted by Gasteiger charge is 2.22. The van der Waals surface area contributed by atoms with Gasteiger partial charge in [-0.3, -0.25) is 24.1 Å². The minimum Gasteiger partial charge on any atom is -0.493 e. The predicted molar refractivity (Wildman–Crippen MR) is 139 cm³/mol. The van der Waals surface area contributed by atoms with Crippen molar-refractivity contribution in [2.75, 3.05) is 6.61 Å². The van der Waals surface area contributed by atoms with Gasteiger partial charge in [0.25, 0.3) is 0 Å². The monoisotopic (exact) mass is 496 g/mol. The molecular weight excluding hydrogens is 468 g/mol. The van der Waals surface area contributed by atoms with Gasteiger partial charge in [-0.05, 0) is 67.1 Å². The summed E-state index contributed by atoms with van der Waals surface area (Å²) >= 11 is 0. The van der Waals surface area contributed by atoms with E-state index in [1.807, 2.05) is 31.3 Å². The van der Waals surface area contributed by atoms with Gasteiger partial charge in [-0.25, -0.2) is 0 Å². The van der Waals surface area contributed by atoms with Crippen LogP contribution in [0.4, 0.5) is 0 Å². The molecule has 1 aromatic carbocycles. The van der Waals surface area contributed by atoms with Gasteiger partial charge in [0.05, 0.1) is 42.5 Å². The van der Waals surface area contributed by atoms with E-state index in [1.165, 1.54) is 24.1 Å². The molecule has 188 valence electrons. The smallest absolute Gasteiger partial charge is 0.305 e. The van der Waals surface area contributed by atoms with Gasteiger partial charge < -0.3 is 9.84 Å². The third kappa shape index (κ3) is 4.64. The average Bonchev–Trinajstić information content (AvgIpc) is 3.50. The molecule has 1 N–H and O–H groups in total. The number of aromatic nitrogens is 6. The summed E-state index contributed by atoms with van der Waals surface area (Å²) in [5, 5.41) is 19.3. The zero-order valence-electron chi connectivity index (χ0n) is 20.7. The number of benzene rings is 1. The summed E-state index contributed by atoms with van der Waals surface area (Å²) < 4.78 is 9.53. The van der Waals surface area contributed by atoms with Crippen molar-refractivity contribution < 1.29 is 14.6 Å². The van der Waals surface area contributed by atoms with Crippen molar-refractivity contribution in [2.24, 2.45) is 7.05 Å². The molecule has 9 heteroatoms. The lowest BCUT2D eigenvalue weighted by atomic mass is 9.96. The Hall–Kier alpha value is -4.27. The van der Waals surface area contributed by atoms with E-state index in [0.717, 1.165) is 58.2 Å². The molecule has 0 amide bonds. The van der Waals surface area contributed by atoms with Crippen LogP contribution in [0.2, 0.25) is 0 Å². The van der Waals surface area contributed by atoms with Crippen molar-refractivity contribution in [1.29, 1.82) is 0 Å². The summed E-state index contributed by atoms with van der Waals surface area (Å²) in [5.74, 6) is -0.160. The van der Waals surface area contributed by atoms with E-state index >= 15 is 0 Å². The number of nitrogens with zero attached hydrogens (tertiary/aromatic N) is 6. The number of ether oxygens (including phenoxy) is 1. The van der Waals surface area contributed by atoms with Crippen LogP contribution < -0.4 is 4.74 Å². The molecule has 37 heavy (non-hydrogen) atoms. The van der Waals surface area contributed by atoms with Gasteiger partial charge >= 0.3 is 5.97 Å². The van der Waals surface area contributed by atoms with Gasteiger partial charge in [0, 0.05) is 36.4 Å². The van der Waals surface area contributed by atoms with Crippen LogP contribution in [0.3, 0.4) is 0 Å².